The Labute approximate surface area is 200 Å². The molecule has 0 aliphatic carbocycles. The van der Waals surface area contributed by atoms with E-state index in [1.807, 2.05) is 26.0 Å². The first kappa shape index (κ1) is 24.7. The fourth-order valence-corrected chi connectivity index (χ4v) is 5.72. The average molecular weight is 501 g/mol. The molecule has 0 aliphatic heterocycles. The van der Waals surface area contributed by atoms with Crippen LogP contribution < -0.4 is 5.56 Å². The fourth-order valence-electron chi connectivity index (χ4n) is 4.10. The maximum absolute atomic E-state index is 13.7. The van der Waals surface area contributed by atoms with Gasteiger partial charge in [0, 0.05) is 29.6 Å². The molecule has 0 radical (unpaired) electrons. The normalized spacial score (nSPS) is 12.4. The Balaban J connectivity index is 1.85. The fraction of sp³-hybridized carbons (Fsp3) is 0.192. The van der Waals surface area contributed by atoms with Crippen molar-refractivity contribution in [2.75, 3.05) is 0 Å². The van der Waals surface area contributed by atoms with Crippen molar-refractivity contribution in [2.24, 2.45) is 0 Å². The Hall–Kier alpha value is -3.43. The maximum atomic E-state index is 13.7. The van der Waals surface area contributed by atoms with Gasteiger partial charge in [0.15, 0.2) is 0 Å². The number of H-pyrrole nitrogens is 1. The Bertz CT molecular complexity index is 1550. The van der Waals surface area contributed by atoms with Gasteiger partial charge in [-0.1, -0.05) is 48.5 Å². The summed E-state index contributed by atoms with van der Waals surface area (Å²) in [5.74, 6) is 0. The van der Waals surface area contributed by atoms with Gasteiger partial charge >= 0.3 is 6.18 Å². The molecule has 1 heterocycles. The number of aromatic amines is 1. The van der Waals surface area contributed by atoms with Gasteiger partial charge in [0.25, 0.3) is 5.56 Å². The predicted molar refractivity (Wildman–Crippen MR) is 128 cm³/mol. The highest BCUT2D eigenvalue weighted by Crippen LogP contribution is 2.36. The minimum Gasteiger partial charge on any atom is -0.322 e. The van der Waals surface area contributed by atoms with Crippen LogP contribution >= 0.6 is 0 Å². The lowest BCUT2D eigenvalue weighted by Gasteiger charge is -2.24. The van der Waals surface area contributed by atoms with Crippen molar-refractivity contribution in [3.63, 3.8) is 0 Å². The molecule has 182 valence electrons. The average Bonchev–Trinajstić information content (AvgIpc) is 2.79. The van der Waals surface area contributed by atoms with E-state index in [-0.39, 0.29) is 12.1 Å². The van der Waals surface area contributed by atoms with Gasteiger partial charge in [-0.2, -0.15) is 17.5 Å². The highest BCUT2D eigenvalue weighted by atomic mass is 32.2. The number of aryl methyl sites for hydroxylation is 2. The Morgan fingerprint density at radius 1 is 0.886 bits per heavy atom. The SMILES string of the molecule is Cc1cc(C)c2cc(CN(Cc3ccccc3)S(=O)(=O)c3ccccc3C(F)(F)F)c(=O)[nH]c2c1. The number of nitrogens with one attached hydrogen (secondary N) is 1. The van der Waals surface area contributed by atoms with Crippen LogP contribution in [0.5, 0.6) is 0 Å². The zero-order chi connectivity index (χ0) is 25.4. The Morgan fingerprint density at radius 2 is 1.54 bits per heavy atom. The molecule has 1 N–H and O–H groups in total. The summed E-state index contributed by atoms with van der Waals surface area (Å²) in [5.41, 5.74) is 1.40. The molecule has 4 rings (SSSR count). The third kappa shape index (κ3) is 5.16. The number of pyridine rings is 1. The first-order valence-corrected chi connectivity index (χ1v) is 12.2. The second-order valence-corrected chi connectivity index (χ2v) is 10.3. The Kier molecular flexibility index (Phi) is 6.57. The van der Waals surface area contributed by atoms with E-state index < -0.39 is 38.8 Å². The number of hydrogen-bond acceptors (Lipinski definition) is 3. The molecule has 4 aromatic rings. The summed E-state index contributed by atoms with van der Waals surface area (Å²) in [4.78, 5) is 14.8. The van der Waals surface area contributed by atoms with Crippen LogP contribution in [0, 0.1) is 13.8 Å². The lowest BCUT2D eigenvalue weighted by atomic mass is 10.0. The van der Waals surface area contributed by atoms with E-state index in [1.54, 1.807) is 36.4 Å². The lowest BCUT2D eigenvalue weighted by Crippen LogP contribution is -2.33. The number of nitrogens with zero attached hydrogens (tertiary/aromatic N) is 1. The smallest absolute Gasteiger partial charge is 0.322 e. The summed E-state index contributed by atoms with van der Waals surface area (Å²) < 4.78 is 69.1. The van der Waals surface area contributed by atoms with Crippen LogP contribution in [0.4, 0.5) is 13.2 Å². The van der Waals surface area contributed by atoms with Crippen molar-refractivity contribution >= 4 is 20.9 Å². The summed E-state index contributed by atoms with van der Waals surface area (Å²) in [6, 6.07) is 17.9. The van der Waals surface area contributed by atoms with Gasteiger partial charge in [0.1, 0.15) is 0 Å². The van der Waals surface area contributed by atoms with Crippen molar-refractivity contribution in [1.82, 2.24) is 9.29 Å². The Morgan fingerprint density at radius 3 is 2.23 bits per heavy atom. The van der Waals surface area contributed by atoms with Crippen molar-refractivity contribution < 1.29 is 21.6 Å². The van der Waals surface area contributed by atoms with Gasteiger partial charge in [-0.3, -0.25) is 4.79 Å². The summed E-state index contributed by atoms with van der Waals surface area (Å²) >= 11 is 0. The second kappa shape index (κ2) is 9.31. The molecular weight excluding hydrogens is 477 g/mol. The van der Waals surface area contributed by atoms with Crippen molar-refractivity contribution in [3.8, 4) is 0 Å². The summed E-state index contributed by atoms with van der Waals surface area (Å²) in [5, 5.41) is 0.734. The number of fused-ring (bicyclic) bond motifs is 1. The molecule has 0 amide bonds. The standard InChI is InChI=1S/C26H23F3N2O3S/c1-17-12-18(2)21-14-20(25(32)30-23(21)13-17)16-31(15-19-8-4-3-5-9-19)35(33,34)24-11-7-6-10-22(24)26(27,28)29/h3-14H,15-16H2,1-2H3,(H,30,32). The first-order valence-electron chi connectivity index (χ1n) is 10.8. The quantitative estimate of drug-likeness (QED) is 0.377. The zero-order valence-corrected chi connectivity index (χ0v) is 19.9. The molecular formula is C26H23F3N2O3S. The predicted octanol–water partition coefficient (Wildman–Crippen LogP) is 5.55. The zero-order valence-electron chi connectivity index (χ0n) is 19.1. The van der Waals surface area contributed by atoms with Crippen LogP contribution in [0.15, 0.2) is 82.5 Å². The molecule has 0 saturated carbocycles. The van der Waals surface area contributed by atoms with Gasteiger partial charge in [-0.25, -0.2) is 8.42 Å². The van der Waals surface area contributed by atoms with Gasteiger partial charge in [-0.15, -0.1) is 0 Å². The molecule has 9 heteroatoms. The molecule has 0 fully saturated rings. The molecule has 3 aromatic carbocycles. The third-order valence-electron chi connectivity index (χ3n) is 5.75. The van der Waals surface area contributed by atoms with E-state index in [9.17, 15) is 26.4 Å². The monoisotopic (exact) mass is 500 g/mol. The van der Waals surface area contributed by atoms with Gasteiger partial charge in [0.05, 0.1) is 10.5 Å². The minimum atomic E-state index is -4.86. The molecule has 0 saturated heterocycles. The third-order valence-corrected chi connectivity index (χ3v) is 7.60. The lowest BCUT2D eigenvalue weighted by molar-refractivity contribution is -0.139. The van der Waals surface area contributed by atoms with Crippen LogP contribution in [-0.4, -0.2) is 17.7 Å². The number of rotatable bonds is 6. The van der Waals surface area contributed by atoms with Gasteiger partial charge in [-0.05, 0) is 54.8 Å². The van der Waals surface area contributed by atoms with E-state index in [0.29, 0.717) is 11.1 Å². The van der Waals surface area contributed by atoms with Crippen LogP contribution in [0.2, 0.25) is 0 Å². The molecule has 0 aliphatic rings. The van der Waals surface area contributed by atoms with Crippen molar-refractivity contribution in [3.05, 3.63) is 111 Å². The van der Waals surface area contributed by atoms with Gasteiger partial charge < -0.3 is 4.98 Å². The van der Waals surface area contributed by atoms with E-state index in [2.05, 4.69) is 4.98 Å². The van der Waals surface area contributed by atoms with Crippen LogP contribution in [0.3, 0.4) is 0 Å². The molecule has 0 atom stereocenters. The first-order chi connectivity index (χ1) is 16.5. The van der Waals surface area contributed by atoms with Crippen LogP contribution in [-0.2, 0) is 29.3 Å². The number of hydrogen-bond donors (Lipinski definition) is 1. The van der Waals surface area contributed by atoms with Crippen LogP contribution in [0.25, 0.3) is 10.9 Å². The highest BCUT2D eigenvalue weighted by Gasteiger charge is 2.39. The molecule has 5 nitrogen and oxygen atoms in total. The highest BCUT2D eigenvalue weighted by molar-refractivity contribution is 7.89. The van der Waals surface area contributed by atoms with E-state index >= 15 is 0 Å². The molecule has 35 heavy (non-hydrogen) atoms. The molecule has 0 bridgehead atoms. The van der Waals surface area contributed by atoms with E-state index in [4.69, 9.17) is 0 Å². The number of alkyl halides is 3. The molecule has 1 aromatic heterocycles. The van der Waals surface area contributed by atoms with E-state index in [0.717, 1.165) is 39.0 Å². The van der Waals surface area contributed by atoms with Crippen molar-refractivity contribution in [2.45, 2.75) is 38.0 Å². The summed E-state index contributed by atoms with van der Waals surface area (Å²) in [6.45, 7) is 3.15. The topological polar surface area (TPSA) is 70.2 Å². The number of sulfonamides is 1. The van der Waals surface area contributed by atoms with E-state index in [1.165, 1.54) is 6.07 Å². The number of halogens is 3. The molecule has 0 spiro atoms. The maximum Gasteiger partial charge on any atom is 0.417 e. The molecule has 0 unspecified atom stereocenters. The number of benzene rings is 3. The summed E-state index contributed by atoms with van der Waals surface area (Å²) in [6.07, 6.45) is -4.86. The minimum absolute atomic E-state index is 0.133. The second-order valence-electron chi connectivity index (χ2n) is 8.42. The van der Waals surface area contributed by atoms with Crippen molar-refractivity contribution in [1.29, 1.82) is 0 Å². The van der Waals surface area contributed by atoms with Crippen LogP contribution in [0.1, 0.15) is 27.8 Å². The van der Waals surface area contributed by atoms with Gasteiger partial charge in [0.2, 0.25) is 10.0 Å². The summed E-state index contributed by atoms with van der Waals surface area (Å²) in [7, 11) is -4.64. The largest absolute Gasteiger partial charge is 0.417 e. The number of aromatic nitrogens is 1.